The number of carbonyl (C=O) groups is 1. The minimum Gasteiger partial charge on any atom is -0.340 e. The maximum atomic E-state index is 11.7. The standard InChI is InChI=1S/C10H16N2O/c1-7(2)10(4-5-10)9(13)12-8(3)6-11/h7-8H,4-5H2,1-3H3,(H,12,13). The zero-order valence-corrected chi connectivity index (χ0v) is 8.42. The van der Waals surface area contributed by atoms with Crippen LogP contribution in [0.15, 0.2) is 0 Å². The molecule has 72 valence electrons. The highest BCUT2D eigenvalue weighted by Crippen LogP contribution is 2.52. The van der Waals surface area contributed by atoms with Crippen LogP contribution in [-0.2, 0) is 4.79 Å². The predicted octanol–water partition coefficient (Wildman–Crippen LogP) is 1.45. The Morgan fingerprint density at radius 3 is 2.31 bits per heavy atom. The van der Waals surface area contributed by atoms with Gasteiger partial charge in [-0.2, -0.15) is 5.26 Å². The molecule has 1 aliphatic rings. The third-order valence-corrected chi connectivity index (χ3v) is 2.89. The minimum absolute atomic E-state index is 0.0524. The normalized spacial score (nSPS) is 20.5. The SMILES string of the molecule is CC(C#N)NC(=O)C1(C(C)C)CC1. The monoisotopic (exact) mass is 180 g/mol. The van der Waals surface area contributed by atoms with Crippen molar-refractivity contribution in [3.8, 4) is 6.07 Å². The molecule has 1 amide bonds. The summed E-state index contributed by atoms with van der Waals surface area (Å²) in [6.45, 7) is 5.82. The first-order valence-corrected chi connectivity index (χ1v) is 4.73. The van der Waals surface area contributed by atoms with E-state index in [0.717, 1.165) is 12.8 Å². The predicted molar refractivity (Wildman–Crippen MR) is 49.7 cm³/mol. The average molecular weight is 180 g/mol. The molecule has 0 aliphatic heterocycles. The first-order chi connectivity index (χ1) is 6.03. The van der Waals surface area contributed by atoms with Gasteiger partial charge in [0.15, 0.2) is 0 Å². The summed E-state index contributed by atoms with van der Waals surface area (Å²) in [5.41, 5.74) is -0.162. The van der Waals surface area contributed by atoms with E-state index in [1.807, 2.05) is 6.07 Å². The van der Waals surface area contributed by atoms with Crippen molar-refractivity contribution in [3.05, 3.63) is 0 Å². The fourth-order valence-corrected chi connectivity index (χ4v) is 1.57. The quantitative estimate of drug-likeness (QED) is 0.714. The minimum atomic E-state index is -0.372. The number of amides is 1. The number of nitrogens with zero attached hydrogens (tertiary/aromatic N) is 1. The number of carbonyl (C=O) groups excluding carboxylic acids is 1. The van der Waals surface area contributed by atoms with Gasteiger partial charge in [0.1, 0.15) is 6.04 Å². The maximum absolute atomic E-state index is 11.7. The molecule has 0 bridgehead atoms. The number of nitrogens with one attached hydrogen (secondary N) is 1. The van der Waals surface area contributed by atoms with Gasteiger partial charge in [-0.15, -0.1) is 0 Å². The lowest BCUT2D eigenvalue weighted by atomic mass is 9.91. The molecular weight excluding hydrogens is 164 g/mol. The van der Waals surface area contributed by atoms with Gasteiger partial charge in [0.05, 0.1) is 11.5 Å². The van der Waals surface area contributed by atoms with Crippen molar-refractivity contribution in [2.24, 2.45) is 11.3 Å². The van der Waals surface area contributed by atoms with E-state index in [2.05, 4.69) is 19.2 Å². The number of nitriles is 1. The van der Waals surface area contributed by atoms with Crippen LogP contribution in [-0.4, -0.2) is 11.9 Å². The van der Waals surface area contributed by atoms with Crippen molar-refractivity contribution in [1.29, 1.82) is 5.26 Å². The Balaban J connectivity index is 2.54. The zero-order valence-electron chi connectivity index (χ0n) is 8.42. The lowest BCUT2D eigenvalue weighted by molar-refractivity contribution is -0.128. The molecular formula is C10H16N2O. The van der Waals surface area contributed by atoms with E-state index in [0.29, 0.717) is 5.92 Å². The first kappa shape index (κ1) is 10.0. The summed E-state index contributed by atoms with van der Waals surface area (Å²) in [5.74, 6) is 0.426. The third kappa shape index (κ3) is 1.82. The summed E-state index contributed by atoms with van der Waals surface area (Å²) >= 11 is 0. The topological polar surface area (TPSA) is 52.9 Å². The van der Waals surface area contributed by atoms with Gasteiger partial charge in [0, 0.05) is 0 Å². The van der Waals surface area contributed by atoms with Crippen LogP contribution >= 0.6 is 0 Å². The Hall–Kier alpha value is -1.04. The Kier molecular flexibility index (Phi) is 2.60. The van der Waals surface area contributed by atoms with Crippen LogP contribution in [0.2, 0.25) is 0 Å². The molecule has 1 saturated carbocycles. The molecule has 0 aromatic heterocycles. The molecule has 0 aromatic carbocycles. The highest BCUT2D eigenvalue weighted by Gasteiger charge is 2.52. The maximum Gasteiger partial charge on any atom is 0.227 e. The van der Waals surface area contributed by atoms with Gasteiger partial charge >= 0.3 is 0 Å². The van der Waals surface area contributed by atoms with Crippen LogP contribution in [0.4, 0.5) is 0 Å². The van der Waals surface area contributed by atoms with E-state index >= 15 is 0 Å². The largest absolute Gasteiger partial charge is 0.340 e. The molecule has 0 saturated heterocycles. The Labute approximate surface area is 79.1 Å². The van der Waals surface area contributed by atoms with E-state index < -0.39 is 0 Å². The highest BCUT2D eigenvalue weighted by atomic mass is 16.2. The van der Waals surface area contributed by atoms with Crippen molar-refractivity contribution in [2.75, 3.05) is 0 Å². The molecule has 1 N–H and O–H groups in total. The molecule has 0 spiro atoms. The van der Waals surface area contributed by atoms with Crippen molar-refractivity contribution in [3.63, 3.8) is 0 Å². The lowest BCUT2D eigenvalue weighted by Gasteiger charge is -2.19. The fourth-order valence-electron chi connectivity index (χ4n) is 1.57. The van der Waals surface area contributed by atoms with E-state index in [9.17, 15) is 4.79 Å². The fraction of sp³-hybridized carbons (Fsp3) is 0.800. The Morgan fingerprint density at radius 1 is 1.46 bits per heavy atom. The molecule has 1 atom stereocenters. The van der Waals surface area contributed by atoms with Crippen LogP contribution in [0.5, 0.6) is 0 Å². The second-order valence-corrected chi connectivity index (χ2v) is 4.14. The molecule has 0 radical (unpaired) electrons. The zero-order chi connectivity index (χ0) is 10.1. The smallest absolute Gasteiger partial charge is 0.227 e. The first-order valence-electron chi connectivity index (χ1n) is 4.73. The van der Waals surface area contributed by atoms with Crippen LogP contribution in [0.25, 0.3) is 0 Å². The molecule has 1 aliphatic carbocycles. The van der Waals surface area contributed by atoms with Gasteiger partial charge in [-0.1, -0.05) is 13.8 Å². The molecule has 0 heterocycles. The Bertz CT molecular complexity index is 248. The van der Waals surface area contributed by atoms with Crippen molar-refractivity contribution >= 4 is 5.91 Å². The Morgan fingerprint density at radius 2 is 2.00 bits per heavy atom. The molecule has 13 heavy (non-hydrogen) atoms. The van der Waals surface area contributed by atoms with Crippen LogP contribution in [0.3, 0.4) is 0 Å². The van der Waals surface area contributed by atoms with Crippen LogP contribution in [0, 0.1) is 22.7 Å². The summed E-state index contributed by atoms with van der Waals surface area (Å²) in [6, 6.07) is 1.63. The van der Waals surface area contributed by atoms with Crippen molar-refractivity contribution < 1.29 is 4.79 Å². The van der Waals surface area contributed by atoms with Crippen molar-refractivity contribution in [2.45, 2.75) is 39.7 Å². The van der Waals surface area contributed by atoms with E-state index in [4.69, 9.17) is 5.26 Å². The average Bonchev–Trinajstić information content (AvgIpc) is 2.83. The van der Waals surface area contributed by atoms with Gasteiger partial charge in [-0.05, 0) is 25.7 Å². The molecule has 3 heteroatoms. The molecule has 1 rings (SSSR count). The van der Waals surface area contributed by atoms with Gasteiger partial charge in [0.2, 0.25) is 5.91 Å². The van der Waals surface area contributed by atoms with Crippen molar-refractivity contribution in [1.82, 2.24) is 5.32 Å². The third-order valence-electron chi connectivity index (χ3n) is 2.89. The van der Waals surface area contributed by atoms with E-state index in [1.165, 1.54) is 0 Å². The van der Waals surface area contributed by atoms with Gasteiger partial charge in [-0.25, -0.2) is 0 Å². The van der Waals surface area contributed by atoms with Gasteiger partial charge in [0.25, 0.3) is 0 Å². The molecule has 3 nitrogen and oxygen atoms in total. The van der Waals surface area contributed by atoms with E-state index in [1.54, 1.807) is 6.92 Å². The summed E-state index contributed by atoms with van der Waals surface area (Å²) < 4.78 is 0. The molecule has 0 aromatic rings. The number of hydrogen-bond donors (Lipinski definition) is 1. The number of hydrogen-bond acceptors (Lipinski definition) is 2. The van der Waals surface area contributed by atoms with Crippen LogP contribution < -0.4 is 5.32 Å². The lowest BCUT2D eigenvalue weighted by Crippen LogP contribution is -2.39. The highest BCUT2D eigenvalue weighted by molar-refractivity contribution is 5.86. The second kappa shape index (κ2) is 3.37. The molecule has 1 unspecified atom stereocenters. The number of rotatable bonds is 3. The van der Waals surface area contributed by atoms with Gasteiger partial charge < -0.3 is 5.32 Å². The van der Waals surface area contributed by atoms with E-state index in [-0.39, 0.29) is 17.4 Å². The van der Waals surface area contributed by atoms with Gasteiger partial charge in [-0.3, -0.25) is 4.79 Å². The summed E-state index contributed by atoms with van der Waals surface area (Å²) in [4.78, 5) is 11.7. The summed E-state index contributed by atoms with van der Waals surface area (Å²) in [6.07, 6.45) is 1.93. The van der Waals surface area contributed by atoms with Crippen LogP contribution in [0.1, 0.15) is 33.6 Å². The summed E-state index contributed by atoms with van der Waals surface area (Å²) in [5, 5.41) is 11.3. The summed E-state index contributed by atoms with van der Waals surface area (Å²) in [7, 11) is 0. The second-order valence-electron chi connectivity index (χ2n) is 4.14. The molecule has 1 fully saturated rings.